The summed E-state index contributed by atoms with van der Waals surface area (Å²) in [6.45, 7) is 3.63. The van der Waals surface area contributed by atoms with Gasteiger partial charge in [-0.2, -0.15) is 0 Å². The van der Waals surface area contributed by atoms with E-state index in [0.717, 1.165) is 5.69 Å². The van der Waals surface area contributed by atoms with Crippen molar-refractivity contribution in [2.45, 2.75) is 13.8 Å². The number of methoxy groups -OCH3 is 1. The second-order valence-electron chi connectivity index (χ2n) is 6.00. The van der Waals surface area contributed by atoms with Crippen LogP contribution < -0.4 is 14.8 Å². The Bertz CT molecular complexity index is 954. The summed E-state index contributed by atoms with van der Waals surface area (Å²) < 4.78 is 16.5. The second-order valence-corrected chi connectivity index (χ2v) is 6.00. The summed E-state index contributed by atoms with van der Waals surface area (Å²) in [4.78, 5) is 12.1. The summed E-state index contributed by atoms with van der Waals surface area (Å²) in [5, 5.41) is 3.18. The minimum absolute atomic E-state index is 0.177. The number of para-hydroxylation sites is 2. The molecule has 0 fully saturated rings. The van der Waals surface area contributed by atoms with Gasteiger partial charge in [0.15, 0.2) is 17.3 Å². The van der Waals surface area contributed by atoms with Gasteiger partial charge < -0.3 is 19.2 Å². The van der Waals surface area contributed by atoms with Gasteiger partial charge >= 0.3 is 0 Å². The number of nitrogens with one attached hydrogen (secondary N) is 1. The van der Waals surface area contributed by atoms with E-state index in [4.69, 9.17) is 13.9 Å². The second kappa shape index (κ2) is 8.27. The number of rotatable bonds is 7. The predicted octanol–water partition coefficient (Wildman–Crippen LogP) is 5.59. The van der Waals surface area contributed by atoms with Crippen LogP contribution in [0.2, 0.25) is 0 Å². The van der Waals surface area contributed by atoms with Gasteiger partial charge in [0.2, 0.25) is 5.78 Å². The first-order valence-electron chi connectivity index (χ1n) is 8.52. The lowest BCUT2D eigenvalue weighted by Gasteiger charge is -2.11. The maximum atomic E-state index is 12.1. The molecule has 27 heavy (non-hydrogen) atoms. The third-order valence-corrected chi connectivity index (χ3v) is 3.82. The lowest BCUT2D eigenvalue weighted by atomic mass is 10.2. The summed E-state index contributed by atoms with van der Waals surface area (Å²) in [7, 11) is 1.61. The van der Waals surface area contributed by atoms with E-state index in [1.165, 1.54) is 6.08 Å². The molecule has 0 atom stereocenters. The zero-order valence-electron chi connectivity index (χ0n) is 15.5. The van der Waals surface area contributed by atoms with Crippen molar-refractivity contribution in [3.05, 3.63) is 84.0 Å². The van der Waals surface area contributed by atoms with E-state index in [1.54, 1.807) is 26.2 Å². The Morgan fingerprint density at radius 2 is 1.70 bits per heavy atom. The minimum Gasteiger partial charge on any atom is -0.493 e. The number of ketones is 1. The van der Waals surface area contributed by atoms with Crippen LogP contribution in [0.5, 0.6) is 17.2 Å². The van der Waals surface area contributed by atoms with E-state index in [2.05, 4.69) is 5.32 Å². The van der Waals surface area contributed by atoms with Crippen molar-refractivity contribution in [1.82, 2.24) is 0 Å². The average Bonchev–Trinajstić information content (AvgIpc) is 3.10. The number of anilines is 1. The molecule has 0 saturated carbocycles. The fourth-order valence-corrected chi connectivity index (χ4v) is 2.53. The average molecular weight is 363 g/mol. The highest BCUT2D eigenvalue weighted by molar-refractivity contribution is 6.03. The van der Waals surface area contributed by atoms with Crippen molar-refractivity contribution in [3.63, 3.8) is 0 Å². The quantitative estimate of drug-likeness (QED) is 0.438. The molecule has 0 aliphatic carbocycles. The Labute approximate surface area is 158 Å². The van der Waals surface area contributed by atoms with Gasteiger partial charge in [-0.3, -0.25) is 4.79 Å². The molecule has 5 nitrogen and oxygen atoms in total. The number of allylic oxidation sites excluding steroid dienone is 2. The van der Waals surface area contributed by atoms with E-state index in [0.29, 0.717) is 34.5 Å². The van der Waals surface area contributed by atoms with Crippen molar-refractivity contribution < 1.29 is 18.7 Å². The van der Waals surface area contributed by atoms with Gasteiger partial charge in [-0.05, 0) is 62.4 Å². The first kappa shape index (κ1) is 18.3. The Kier molecular flexibility index (Phi) is 5.61. The van der Waals surface area contributed by atoms with Crippen LogP contribution in [0.1, 0.15) is 23.2 Å². The van der Waals surface area contributed by atoms with Gasteiger partial charge in [0.05, 0.1) is 7.11 Å². The summed E-state index contributed by atoms with van der Waals surface area (Å²) in [6.07, 6.45) is 1.51. The van der Waals surface area contributed by atoms with E-state index in [9.17, 15) is 4.79 Å². The topological polar surface area (TPSA) is 60.7 Å². The van der Waals surface area contributed by atoms with Crippen LogP contribution >= 0.6 is 0 Å². The van der Waals surface area contributed by atoms with Gasteiger partial charge in [0, 0.05) is 17.5 Å². The molecule has 0 aliphatic rings. The van der Waals surface area contributed by atoms with Crippen LogP contribution in [-0.2, 0) is 0 Å². The number of ether oxygens (including phenoxy) is 2. The molecular formula is C22H21NO4. The first-order chi connectivity index (χ1) is 13.0. The molecule has 138 valence electrons. The molecule has 1 N–H and O–H groups in total. The Morgan fingerprint density at radius 1 is 1.00 bits per heavy atom. The van der Waals surface area contributed by atoms with Crippen LogP contribution in [0, 0.1) is 6.92 Å². The number of carbonyl (C=O) groups excluding carboxylic acids is 1. The summed E-state index contributed by atoms with van der Waals surface area (Å²) in [5.41, 5.74) is 1.56. The standard InChI is InChI=1S/C22H21NO4/c1-15(14-19(24)20-13-8-16(2)26-20)23-17-9-11-18(12-10-17)27-22-7-5-4-6-21(22)25-3/h4-14,23H,1-3H3/b15-14+. The Balaban J connectivity index is 1.65. The highest BCUT2D eigenvalue weighted by Gasteiger charge is 2.08. The number of carbonyl (C=O) groups is 1. The molecule has 3 aromatic rings. The SMILES string of the molecule is COc1ccccc1Oc1ccc(N/C(C)=C/C(=O)c2ccc(C)o2)cc1. The van der Waals surface area contributed by atoms with E-state index < -0.39 is 0 Å². The molecule has 0 aliphatic heterocycles. The largest absolute Gasteiger partial charge is 0.493 e. The monoisotopic (exact) mass is 363 g/mol. The minimum atomic E-state index is -0.177. The van der Waals surface area contributed by atoms with Gasteiger partial charge in [-0.25, -0.2) is 0 Å². The normalized spacial score (nSPS) is 11.1. The maximum absolute atomic E-state index is 12.1. The van der Waals surface area contributed by atoms with Crippen LogP contribution in [-0.4, -0.2) is 12.9 Å². The molecule has 0 spiro atoms. The smallest absolute Gasteiger partial charge is 0.222 e. The maximum Gasteiger partial charge on any atom is 0.222 e. The fraction of sp³-hybridized carbons (Fsp3) is 0.136. The lowest BCUT2D eigenvalue weighted by molar-refractivity contribution is 0.102. The van der Waals surface area contributed by atoms with Crippen LogP contribution in [0.25, 0.3) is 0 Å². The van der Waals surface area contributed by atoms with E-state index in [1.807, 2.05) is 55.5 Å². The van der Waals surface area contributed by atoms with Crippen molar-refractivity contribution in [3.8, 4) is 17.2 Å². The molecule has 0 unspecified atom stereocenters. The molecule has 0 bridgehead atoms. The van der Waals surface area contributed by atoms with E-state index >= 15 is 0 Å². The van der Waals surface area contributed by atoms with Crippen LogP contribution in [0.4, 0.5) is 5.69 Å². The molecule has 0 radical (unpaired) electrons. The highest BCUT2D eigenvalue weighted by Crippen LogP contribution is 2.31. The first-order valence-corrected chi connectivity index (χ1v) is 8.52. The number of aryl methyl sites for hydroxylation is 1. The van der Waals surface area contributed by atoms with Crippen molar-refractivity contribution >= 4 is 11.5 Å². The number of benzene rings is 2. The predicted molar refractivity (Wildman–Crippen MR) is 105 cm³/mol. The molecule has 3 rings (SSSR count). The number of hydrogen-bond donors (Lipinski definition) is 1. The molecule has 5 heteroatoms. The Morgan fingerprint density at radius 3 is 2.33 bits per heavy atom. The van der Waals surface area contributed by atoms with Gasteiger partial charge in [0.1, 0.15) is 11.5 Å². The fourth-order valence-electron chi connectivity index (χ4n) is 2.53. The van der Waals surface area contributed by atoms with Crippen LogP contribution in [0.3, 0.4) is 0 Å². The van der Waals surface area contributed by atoms with Gasteiger partial charge in [-0.1, -0.05) is 12.1 Å². The zero-order valence-corrected chi connectivity index (χ0v) is 15.5. The molecule has 0 amide bonds. The summed E-state index contributed by atoms with van der Waals surface area (Å²) in [5.74, 6) is 2.87. The summed E-state index contributed by atoms with van der Waals surface area (Å²) >= 11 is 0. The van der Waals surface area contributed by atoms with Gasteiger partial charge in [0.25, 0.3) is 0 Å². The van der Waals surface area contributed by atoms with Crippen molar-refractivity contribution in [1.29, 1.82) is 0 Å². The molecule has 1 aromatic heterocycles. The third kappa shape index (κ3) is 4.79. The number of furan rings is 1. The number of hydrogen-bond acceptors (Lipinski definition) is 5. The highest BCUT2D eigenvalue weighted by atomic mass is 16.5. The van der Waals surface area contributed by atoms with Crippen molar-refractivity contribution in [2.75, 3.05) is 12.4 Å². The third-order valence-electron chi connectivity index (χ3n) is 3.82. The van der Waals surface area contributed by atoms with E-state index in [-0.39, 0.29) is 5.78 Å². The van der Waals surface area contributed by atoms with Crippen molar-refractivity contribution in [2.24, 2.45) is 0 Å². The molecular weight excluding hydrogens is 342 g/mol. The molecule has 1 heterocycles. The Hall–Kier alpha value is -3.47. The van der Waals surface area contributed by atoms with Crippen LogP contribution in [0.15, 0.2) is 76.9 Å². The lowest BCUT2D eigenvalue weighted by Crippen LogP contribution is -2.00. The summed E-state index contributed by atoms with van der Waals surface area (Å²) in [6, 6.07) is 18.4. The molecule has 2 aromatic carbocycles. The van der Waals surface area contributed by atoms with Gasteiger partial charge in [-0.15, -0.1) is 0 Å². The zero-order chi connectivity index (χ0) is 19.2. The molecule has 0 saturated heterocycles.